The van der Waals surface area contributed by atoms with Crippen molar-refractivity contribution >= 4 is 0 Å². The molecule has 3 heteroatoms. The van der Waals surface area contributed by atoms with Crippen LogP contribution in [0, 0.1) is 6.92 Å². The summed E-state index contributed by atoms with van der Waals surface area (Å²) in [5.74, 6) is 1.29. The van der Waals surface area contributed by atoms with E-state index >= 15 is 0 Å². The molecular weight excluding hydrogens is 222 g/mol. The van der Waals surface area contributed by atoms with Crippen LogP contribution in [0.3, 0.4) is 0 Å². The zero-order chi connectivity index (χ0) is 13.1. The molecule has 2 N–H and O–H groups in total. The number of aryl methyl sites for hydroxylation is 1. The highest BCUT2D eigenvalue weighted by molar-refractivity contribution is 5.31. The van der Waals surface area contributed by atoms with Gasteiger partial charge in [-0.05, 0) is 30.0 Å². The molecule has 1 aromatic heterocycles. The Labute approximate surface area is 108 Å². The Kier molecular flexibility index (Phi) is 3.72. The van der Waals surface area contributed by atoms with Gasteiger partial charge in [-0.1, -0.05) is 38.1 Å². The van der Waals surface area contributed by atoms with Crippen molar-refractivity contribution in [2.75, 3.05) is 0 Å². The van der Waals surface area contributed by atoms with E-state index in [1.165, 1.54) is 5.56 Å². The predicted octanol–water partition coefficient (Wildman–Crippen LogP) is 2.96. The summed E-state index contributed by atoms with van der Waals surface area (Å²) < 4.78 is 0. The second kappa shape index (κ2) is 5.27. The molecule has 1 atom stereocenters. The standard InChI is InChI=1S/C15H19N3/c1-10(2)12-4-6-13(7-5-12)15(16)14-8-9-17-11(3)18-14/h4-10,15H,16H2,1-3H3. The van der Waals surface area contributed by atoms with Crippen molar-refractivity contribution in [2.45, 2.75) is 32.7 Å². The van der Waals surface area contributed by atoms with E-state index in [0.717, 1.165) is 17.1 Å². The number of hydrogen-bond acceptors (Lipinski definition) is 3. The van der Waals surface area contributed by atoms with Crippen molar-refractivity contribution in [3.05, 3.63) is 59.2 Å². The largest absolute Gasteiger partial charge is 0.319 e. The van der Waals surface area contributed by atoms with Crippen LogP contribution in [0.2, 0.25) is 0 Å². The van der Waals surface area contributed by atoms with Gasteiger partial charge in [0, 0.05) is 6.20 Å². The van der Waals surface area contributed by atoms with E-state index in [1.54, 1.807) is 6.20 Å². The van der Waals surface area contributed by atoms with Crippen LogP contribution in [-0.4, -0.2) is 9.97 Å². The van der Waals surface area contributed by atoms with E-state index < -0.39 is 0 Å². The van der Waals surface area contributed by atoms with Crippen LogP contribution < -0.4 is 5.73 Å². The maximum Gasteiger partial charge on any atom is 0.125 e. The van der Waals surface area contributed by atoms with Gasteiger partial charge in [0.25, 0.3) is 0 Å². The summed E-state index contributed by atoms with van der Waals surface area (Å²) in [7, 11) is 0. The monoisotopic (exact) mass is 241 g/mol. The van der Waals surface area contributed by atoms with Gasteiger partial charge in [0.05, 0.1) is 11.7 Å². The van der Waals surface area contributed by atoms with Gasteiger partial charge in [0.1, 0.15) is 5.82 Å². The van der Waals surface area contributed by atoms with Gasteiger partial charge in [-0.2, -0.15) is 0 Å². The molecule has 94 valence electrons. The number of rotatable bonds is 3. The molecule has 0 aliphatic heterocycles. The molecule has 1 heterocycles. The van der Waals surface area contributed by atoms with Gasteiger partial charge < -0.3 is 5.73 Å². The normalized spacial score (nSPS) is 12.7. The molecule has 0 saturated carbocycles. The minimum atomic E-state index is -0.187. The van der Waals surface area contributed by atoms with Gasteiger partial charge in [-0.25, -0.2) is 9.97 Å². The maximum atomic E-state index is 6.22. The predicted molar refractivity (Wildman–Crippen MR) is 73.3 cm³/mol. The quantitative estimate of drug-likeness (QED) is 0.898. The SMILES string of the molecule is Cc1nccc(C(N)c2ccc(C(C)C)cc2)n1. The van der Waals surface area contributed by atoms with Crippen molar-refractivity contribution < 1.29 is 0 Å². The lowest BCUT2D eigenvalue weighted by molar-refractivity contribution is 0.803. The molecule has 2 aromatic rings. The van der Waals surface area contributed by atoms with Crippen LogP contribution >= 0.6 is 0 Å². The lowest BCUT2D eigenvalue weighted by atomic mass is 9.98. The first kappa shape index (κ1) is 12.7. The minimum absolute atomic E-state index is 0.187. The zero-order valence-corrected chi connectivity index (χ0v) is 11.1. The first-order valence-corrected chi connectivity index (χ1v) is 6.23. The molecule has 0 saturated heterocycles. The minimum Gasteiger partial charge on any atom is -0.319 e. The fraction of sp³-hybridized carbons (Fsp3) is 0.333. The molecule has 0 amide bonds. The lowest BCUT2D eigenvalue weighted by Gasteiger charge is -2.13. The molecule has 0 aliphatic rings. The van der Waals surface area contributed by atoms with Crippen LogP contribution in [-0.2, 0) is 0 Å². The summed E-state index contributed by atoms with van der Waals surface area (Å²) in [6.07, 6.45) is 1.75. The van der Waals surface area contributed by atoms with Crippen molar-refractivity contribution in [1.29, 1.82) is 0 Å². The molecule has 3 nitrogen and oxygen atoms in total. The van der Waals surface area contributed by atoms with E-state index in [9.17, 15) is 0 Å². The van der Waals surface area contributed by atoms with Gasteiger partial charge in [-0.15, -0.1) is 0 Å². The fourth-order valence-corrected chi connectivity index (χ4v) is 1.91. The van der Waals surface area contributed by atoms with Crippen molar-refractivity contribution in [2.24, 2.45) is 5.73 Å². The van der Waals surface area contributed by atoms with Gasteiger partial charge >= 0.3 is 0 Å². The third kappa shape index (κ3) is 2.74. The summed E-state index contributed by atoms with van der Waals surface area (Å²) >= 11 is 0. The van der Waals surface area contributed by atoms with Crippen LogP contribution in [0.1, 0.15) is 48.5 Å². The second-order valence-electron chi connectivity index (χ2n) is 4.83. The second-order valence-corrected chi connectivity index (χ2v) is 4.83. The topological polar surface area (TPSA) is 51.8 Å². The highest BCUT2D eigenvalue weighted by Gasteiger charge is 2.11. The third-order valence-electron chi connectivity index (χ3n) is 3.08. The van der Waals surface area contributed by atoms with Crippen molar-refractivity contribution in [3.63, 3.8) is 0 Å². The number of hydrogen-bond donors (Lipinski definition) is 1. The van der Waals surface area contributed by atoms with Gasteiger partial charge in [0.15, 0.2) is 0 Å². The average molecular weight is 241 g/mol. The number of nitrogens with two attached hydrogens (primary N) is 1. The Morgan fingerprint density at radius 2 is 1.61 bits per heavy atom. The van der Waals surface area contributed by atoms with E-state index in [0.29, 0.717) is 5.92 Å². The average Bonchev–Trinajstić information content (AvgIpc) is 2.38. The summed E-state index contributed by atoms with van der Waals surface area (Å²) in [6.45, 7) is 6.24. The van der Waals surface area contributed by atoms with Crippen molar-refractivity contribution in [3.8, 4) is 0 Å². The molecule has 2 rings (SSSR count). The molecule has 1 unspecified atom stereocenters. The third-order valence-corrected chi connectivity index (χ3v) is 3.08. The maximum absolute atomic E-state index is 6.22. The highest BCUT2D eigenvalue weighted by atomic mass is 14.9. The Morgan fingerprint density at radius 3 is 2.17 bits per heavy atom. The lowest BCUT2D eigenvalue weighted by Crippen LogP contribution is -2.14. The van der Waals surface area contributed by atoms with Crippen LogP contribution in [0.5, 0.6) is 0 Å². The zero-order valence-electron chi connectivity index (χ0n) is 11.1. The Balaban J connectivity index is 2.26. The molecule has 18 heavy (non-hydrogen) atoms. The molecule has 0 radical (unpaired) electrons. The van der Waals surface area contributed by atoms with E-state index in [4.69, 9.17) is 5.73 Å². The Hall–Kier alpha value is -1.74. The van der Waals surface area contributed by atoms with Crippen LogP contribution in [0.25, 0.3) is 0 Å². The van der Waals surface area contributed by atoms with E-state index in [2.05, 4.69) is 48.1 Å². The van der Waals surface area contributed by atoms with Crippen LogP contribution in [0.15, 0.2) is 36.5 Å². The first-order valence-electron chi connectivity index (χ1n) is 6.23. The van der Waals surface area contributed by atoms with Gasteiger partial charge in [-0.3, -0.25) is 0 Å². The summed E-state index contributed by atoms with van der Waals surface area (Å²) in [5.41, 5.74) is 9.49. The molecule has 1 aromatic carbocycles. The number of nitrogens with zero attached hydrogens (tertiary/aromatic N) is 2. The Morgan fingerprint density at radius 1 is 1.00 bits per heavy atom. The van der Waals surface area contributed by atoms with Crippen LogP contribution in [0.4, 0.5) is 0 Å². The summed E-state index contributed by atoms with van der Waals surface area (Å²) in [6, 6.07) is 10.1. The van der Waals surface area contributed by atoms with E-state index in [1.807, 2.05) is 13.0 Å². The smallest absolute Gasteiger partial charge is 0.125 e. The molecule has 0 fully saturated rings. The summed E-state index contributed by atoms with van der Waals surface area (Å²) in [5, 5.41) is 0. The number of benzene rings is 1. The molecule has 0 bridgehead atoms. The van der Waals surface area contributed by atoms with Gasteiger partial charge in [0.2, 0.25) is 0 Å². The van der Waals surface area contributed by atoms with Crippen molar-refractivity contribution in [1.82, 2.24) is 9.97 Å². The summed E-state index contributed by atoms with van der Waals surface area (Å²) in [4.78, 5) is 8.46. The molecule has 0 aliphatic carbocycles. The van der Waals surface area contributed by atoms with E-state index in [-0.39, 0.29) is 6.04 Å². The number of aromatic nitrogens is 2. The fourth-order valence-electron chi connectivity index (χ4n) is 1.91. The molecular formula is C15H19N3. The first-order chi connectivity index (χ1) is 8.58. The highest BCUT2D eigenvalue weighted by Crippen LogP contribution is 2.21. The molecule has 0 spiro atoms. The Bertz CT molecular complexity index is 518.